The van der Waals surface area contributed by atoms with Gasteiger partial charge in [-0.25, -0.2) is 0 Å². The molecule has 2 amide bonds. The number of carbonyl (C=O) groups excluding carboxylic acids is 2. The van der Waals surface area contributed by atoms with Crippen molar-refractivity contribution >= 4 is 35.0 Å². The molecule has 136 valence electrons. The Morgan fingerprint density at radius 1 is 1.08 bits per heavy atom. The molecule has 1 aliphatic heterocycles. The zero-order valence-electron chi connectivity index (χ0n) is 14.3. The SMILES string of the molecule is O=C(NCc1cccc(Cl)c1)[C@H]1CCCN(C(=O)c2ccc(Cl)cc2)C1. The molecule has 0 aromatic heterocycles. The summed E-state index contributed by atoms with van der Waals surface area (Å²) in [6, 6.07) is 14.2. The number of halogens is 2. The van der Waals surface area contributed by atoms with Crippen molar-refractivity contribution in [3.63, 3.8) is 0 Å². The first kappa shape index (κ1) is 18.7. The number of benzene rings is 2. The van der Waals surface area contributed by atoms with Gasteiger partial charge in [0.15, 0.2) is 0 Å². The molecule has 1 aliphatic rings. The average molecular weight is 391 g/mol. The Labute approximate surface area is 163 Å². The Morgan fingerprint density at radius 3 is 2.58 bits per heavy atom. The molecule has 26 heavy (non-hydrogen) atoms. The van der Waals surface area contributed by atoms with Crippen molar-refractivity contribution in [3.8, 4) is 0 Å². The highest BCUT2D eigenvalue weighted by Crippen LogP contribution is 2.20. The largest absolute Gasteiger partial charge is 0.352 e. The number of nitrogens with one attached hydrogen (secondary N) is 1. The van der Waals surface area contributed by atoms with Crippen molar-refractivity contribution < 1.29 is 9.59 Å². The Morgan fingerprint density at radius 2 is 1.85 bits per heavy atom. The summed E-state index contributed by atoms with van der Waals surface area (Å²) in [5.41, 5.74) is 1.55. The highest BCUT2D eigenvalue weighted by molar-refractivity contribution is 6.30. The molecule has 3 rings (SSSR count). The predicted octanol–water partition coefficient (Wildman–Crippen LogP) is 4.16. The normalized spacial score (nSPS) is 17.0. The van der Waals surface area contributed by atoms with Crippen molar-refractivity contribution in [2.75, 3.05) is 13.1 Å². The molecule has 1 N–H and O–H groups in total. The first-order valence-corrected chi connectivity index (χ1v) is 9.35. The molecular formula is C20H20Cl2N2O2. The topological polar surface area (TPSA) is 49.4 Å². The van der Waals surface area contributed by atoms with Crippen molar-refractivity contribution in [2.24, 2.45) is 5.92 Å². The second kappa shape index (κ2) is 8.56. The average Bonchev–Trinajstić information content (AvgIpc) is 2.66. The monoisotopic (exact) mass is 390 g/mol. The fraction of sp³-hybridized carbons (Fsp3) is 0.300. The molecule has 4 nitrogen and oxygen atoms in total. The third kappa shape index (κ3) is 4.77. The summed E-state index contributed by atoms with van der Waals surface area (Å²) in [7, 11) is 0. The van der Waals surface area contributed by atoms with Gasteiger partial charge in [-0.3, -0.25) is 9.59 Å². The first-order valence-electron chi connectivity index (χ1n) is 8.60. The summed E-state index contributed by atoms with van der Waals surface area (Å²) in [6.45, 7) is 1.53. The molecule has 1 fully saturated rings. The maximum Gasteiger partial charge on any atom is 0.253 e. The summed E-state index contributed by atoms with van der Waals surface area (Å²) in [5, 5.41) is 4.19. The van der Waals surface area contributed by atoms with Crippen LogP contribution < -0.4 is 5.32 Å². The van der Waals surface area contributed by atoms with Gasteiger partial charge in [0.2, 0.25) is 5.91 Å². The Bertz CT molecular complexity index is 793. The molecule has 1 heterocycles. The van der Waals surface area contributed by atoms with Crippen LogP contribution in [-0.4, -0.2) is 29.8 Å². The highest BCUT2D eigenvalue weighted by atomic mass is 35.5. The van der Waals surface area contributed by atoms with Crippen LogP contribution in [0.1, 0.15) is 28.8 Å². The van der Waals surface area contributed by atoms with Crippen LogP contribution in [0.3, 0.4) is 0 Å². The minimum Gasteiger partial charge on any atom is -0.352 e. The molecule has 0 saturated carbocycles. The molecule has 2 aromatic rings. The van der Waals surface area contributed by atoms with Gasteiger partial charge in [-0.05, 0) is 54.8 Å². The minimum absolute atomic E-state index is 0.0291. The van der Waals surface area contributed by atoms with Crippen LogP contribution in [0, 0.1) is 5.92 Å². The molecule has 6 heteroatoms. The molecule has 0 radical (unpaired) electrons. The van der Waals surface area contributed by atoms with E-state index in [1.807, 2.05) is 18.2 Å². The minimum atomic E-state index is -0.195. The second-order valence-corrected chi connectivity index (χ2v) is 7.32. The molecule has 2 aromatic carbocycles. The van der Waals surface area contributed by atoms with Gasteiger partial charge in [0.1, 0.15) is 0 Å². The predicted molar refractivity (Wildman–Crippen MR) is 103 cm³/mol. The number of carbonyl (C=O) groups is 2. The highest BCUT2D eigenvalue weighted by Gasteiger charge is 2.28. The lowest BCUT2D eigenvalue weighted by atomic mass is 9.96. The van der Waals surface area contributed by atoms with E-state index < -0.39 is 0 Å². The molecule has 0 aliphatic carbocycles. The quantitative estimate of drug-likeness (QED) is 0.851. The lowest BCUT2D eigenvalue weighted by Crippen LogP contribution is -2.45. The number of piperidine rings is 1. The summed E-state index contributed by atoms with van der Waals surface area (Å²) in [4.78, 5) is 26.9. The molecule has 1 atom stereocenters. The fourth-order valence-electron chi connectivity index (χ4n) is 3.13. The van der Waals surface area contributed by atoms with E-state index in [9.17, 15) is 9.59 Å². The Kier molecular flexibility index (Phi) is 6.17. The van der Waals surface area contributed by atoms with E-state index in [-0.39, 0.29) is 17.7 Å². The van der Waals surface area contributed by atoms with Crippen LogP contribution >= 0.6 is 23.2 Å². The van der Waals surface area contributed by atoms with Gasteiger partial charge < -0.3 is 10.2 Å². The number of likely N-dealkylation sites (tertiary alicyclic amines) is 1. The summed E-state index contributed by atoms with van der Waals surface area (Å²) in [6.07, 6.45) is 1.60. The lowest BCUT2D eigenvalue weighted by Gasteiger charge is -2.32. The number of hydrogen-bond donors (Lipinski definition) is 1. The molecule has 0 spiro atoms. The van der Waals surface area contributed by atoms with E-state index >= 15 is 0 Å². The maximum absolute atomic E-state index is 12.6. The van der Waals surface area contributed by atoms with Crippen LogP contribution in [0.25, 0.3) is 0 Å². The van der Waals surface area contributed by atoms with E-state index in [4.69, 9.17) is 23.2 Å². The van der Waals surface area contributed by atoms with Crippen LogP contribution in [0.4, 0.5) is 0 Å². The smallest absolute Gasteiger partial charge is 0.253 e. The van der Waals surface area contributed by atoms with Gasteiger partial charge in [0.25, 0.3) is 5.91 Å². The summed E-state index contributed by atoms with van der Waals surface area (Å²) in [5.74, 6) is -0.285. The zero-order chi connectivity index (χ0) is 18.5. The zero-order valence-corrected chi connectivity index (χ0v) is 15.8. The maximum atomic E-state index is 12.6. The number of hydrogen-bond acceptors (Lipinski definition) is 2. The summed E-state index contributed by atoms with van der Waals surface area (Å²) < 4.78 is 0. The van der Waals surface area contributed by atoms with Crippen molar-refractivity contribution in [1.29, 1.82) is 0 Å². The van der Waals surface area contributed by atoms with E-state index in [2.05, 4.69) is 5.32 Å². The van der Waals surface area contributed by atoms with Crippen LogP contribution in [0.15, 0.2) is 48.5 Å². The number of amides is 2. The Hall–Kier alpha value is -2.04. The van der Waals surface area contributed by atoms with E-state index in [1.54, 1.807) is 35.2 Å². The molecule has 0 unspecified atom stereocenters. The van der Waals surface area contributed by atoms with E-state index in [1.165, 1.54) is 0 Å². The van der Waals surface area contributed by atoms with Gasteiger partial charge >= 0.3 is 0 Å². The fourth-order valence-corrected chi connectivity index (χ4v) is 3.47. The molecular weight excluding hydrogens is 371 g/mol. The molecule has 1 saturated heterocycles. The number of rotatable bonds is 4. The van der Waals surface area contributed by atoms with E-state index in [0.29, 0.717) is 35.2 Å². The van der Waals surface area contributed by atoms with Crippen LogP contribution in [0.5, 0.6) is 0 Å². The van der Waals surface area contributed by atoms with Crippen molar-refractivity contribution in [1.82, 2.24) is 10.2 Å². The third-order valence-corrected chi connectivity index (χ3v) is 5.01. The van der Waals surface area contributed by atoms with Gasteiger partial charge in [-0.15, -0.1) is 0 Å². The Balaban J connectivity index is 1.58. The van der Waals surface area contributed by atoms with Crippen LogP contribution in [0.2, 0.25) is 10.0 Å². The number of nitrogens with zero attached hydrogens (tertiary/aromatic N) is 1. The van der Waals surface area contributed by atoms with E-state index in [0.717, 1.165) is 18.4 Å². The lowest BCUT2D eigenvalue weighted by molar-refractivity contribution is -0.126. The van der Waals surface area contributed by atoms with Gasteiger partial charge in [-0.2, -0.15) is 0 Å². The third-order valence-electron chi connectivity index (χ3n) is 4.53. The standard InChI is InChI=1S/C20H20Cl2N2O2/c21-17-8-6-15(7-9-17)20(26)24-10-2-4-16(13-24)19(25)23-12-14-3-1-5-18(22)11-14/h1,3,5-9,11,16H,2,4,10,12-13H2,(H,23,25)/t16-/m0/s1. The van der Waals surface area contributed by atoms with Crippen molar-refractivity contribution in [3.05, 3.63) is 69.7 Å². The first-order chi connectivity index (χ1) is 12.5. The summed E-state index contributed by atoms with van der Waals surface area (Å²) >= 11 is 11.8. The van der Waals surface area contributed by atoms with Gasteiger partial charge in [-0.1, -0.05) is 35.3 Å². The van der Waals surface area contributed by atoms with Gasteiger partial charge in [0, 0.05) is 35.2 Å². The second-order valence-electron chi connectivity index (χ2n) is 6.44. The van der Waals surface area contributed by atoms with Crippen molar-refractivity contribution in [2.45, 2.75) is 19.4 Å². The molecule has 0 bridgehead atoms. The van der Waals surface area contributed by atoms with Gasteiger partial charge in [0.05, 0.1) is 5.92 Å². The van der Waals surface area contributed by atoms with Crippen LogP contribution in [-0.2, 0) is 11.3 Å².